The Morgan fingerprint density at radius 1 is 0.970 bits per heavy atom. The first-order valence-corrected chi connectivity index (χ1v) is 10.8. The third-order valence-electron chi connectivity index (χ3n) is 5.03. The Bertz CT molecular complexity index is 1170. The van der Waals surface area contributed by atoms with Gasteiger partial charge in [-0.25, -0.2) is 4.39 Å². The number of fused-ring (bicyclic) bond motifs is 3. The maximum absolute atomic E-state index is 13.5. The van der Waals surface area contributed by atoms with Crippen molar-refractivity contribution >= 4 is 28.2 Å². The number of halogens is 1. The van der Waals surface area contributed by atoms with Crippen LogP contribution in [-0.2, 0) is 14.3 Å². The summed E-state index contributed by atoms with van der Waals surface area (Å²) in [6.07, 6.45) is 0. The van der Waals surface area contributed by atoms with Crippen molar-refractivity contribution in [3.8, 4) is 17.0 Å². The summed E-state index contributed by atoms with van der Waals surface area (Å²) in [6.45, 7) is 4.24. The summed E-state index contributed by atoms with van der Waals surface area (Å²) in [5.74, 6) is 1.17. The lowest BCUT2D eigenvalue weighted by Gasteiger charge is -2.08. The molecule has 1 heterocycles. The number of aromatic amines is 2. The molecule has 0 unspecified atom stereocenters. The van der Waals surface area contributed by atoms with Crippen molar-refractivity contribution in [3.05, 3.63) is 54.3 Å². The monoisotopic (exact) mass is 454 g/mol. The molecule has 174 valence electrons. The van der Waals surface area contributed by atoms with Crippen LogP contribution in [0.5, 0.6) is 5.75 Å². The molecule has 0 spiro atoms. The summed E-state index contributed by atoms with van der Waals surface area (Å²) in [4.78, 5) is 10.7. The molecule has 9 heteroatoms. The minimum absolute atomic E-state index is 0.0661. The predicted molar refractivity (Wildman–Crippen MR) is 125 cm³/mol. The average Bonchev–Trinajstić information content (AvgIpc) is 3.34. The van der Waals surface area contributed by atoms with Gasteiger partial charge in [0.1, 0.15) is 24.0 Å². The van der Waals surface area contributed by atoms with Crippen LogP contribution in [0, 0.1) is 5.82 Å². The van der Waals surface area contributed by atoms with E-state index in [0.29, 0.717) is 45.3 Å². The standard InChI is InChI=1S/C24H27FN4O4/c1-16(30)26-7-8-31-9-10-32-11-12-33-20-5-6-21-17(13-20)14-22-23(21)28-29-24(22)27-19-4-2-3-18(25)15-19/h2-6,13-15,27-29H,7-12H2,1H3,(H,26,30). The van der Waals surface area contributed by atoms with E-state index >= 15 is 0 Å². The lowest BCUT2D eigenvalue weighted by Crippen LogP contribution is -2.25. The summed E-state index contributed by atoms with van der Waals surface area (Å²) in [5, 5.41) is 14.3. The van der Waals surface area contributed by atoms with Gasteiger partial charge in [0, 0.05) is 30.1 Å². The molecule has 0 fully saturated rings. The lowest BCUT2D eigenvalue weighted by atomic mass is 10.2. The van der Waals surface area contributed by atoms with Gasteiger partial charge < -0.3 is 24.8 Å². The summed E-state index contributed by atoms with van der Waals surface area (Å²) >= 11 is 0. The quantitative estimate of drug-likeness (QED) is 0.242. The van der Waals surface area contributed by atoms with E-state index in [1.807, 2.05) is 24.3 Å². The molecule has 8 nitrogen and oxygen atoms in total. The van der Waals surface area contributed by atoms with E-state index in [2.05, 4.69) is 26.9 Å². The number of hydrogen-bond acceptors (Lipinski definition) is 5. The number of hydrogen-bond donors (Lipinski definition) is 4. The second-order valence-electron chi connectivity index (χ2n) is 7.50. The predicted octanol–water partition coefficient (Wildman–Crippen LogP) is 4.03. The molecular formula is C24H27FN4O4. The van der Waals surface area contributed by atoms with E-state index in [-0.39, 0.29) is 11.7 Å². The average molecular weight is 455 g/mol. The third kappa shape index (κ3) is 6.03. The highest BCUT2D eigenvalue weighted by molar-refractivity contribution is 6.04. The highest BCUT2D eigenvalue weighted by Gasteiger charge is 2.17. The lowest BCUT2D eigenvalue weighted by molar-refractivity contribution is -0.119. The van der Waals surface area contributed by atoms with E-state index in [9.17, 15) is 9.18 Å². The minimum Gasteiger partial charge on any atom is -0.491 e. The normalized spacial score (nSPS) is 11.2. The molecule has 1 aliphatic heterocycles. The number of ether oxygens (including phenoxy) is 3. The van der Waals surface area contributed by atoms with Crippen LogP contribution in [-0.4, -0.2) is 55.7 Å². The number of anilines is 2. The van der Waals surface area contributed by atoms with Gasteiger partial charge in [0.25, 0.3) is 0 Å². The molecule has 0 atom stereocenters. The molecule has 2 aromatic carbocycles. The number of carbonyl (C=O) groups excluding carboxylic acids is 1. The zero-order valence-corrected chi connectivity index (χ0v) is 18.4. The highest BCUT2D eigenvalue weighted by atomic mass is 19.1. The van der Waals surface area contributed by atoms with Crippen LogP contribution in [0.15, 0.2) is 48.5 Å². The molecule has 0 saturated heterocycles. The van der Waals surface area contributed by atoms with Crippen LogP contribution >= 0.6 is 0 Å². The van der Waals surface area contributed by atoms with E-state index < -0.39 is 0 Å². The van der Waals surface area contributed by atoms with Crippen molar-refractivity contribution in [2.24, 2.45) is 0 Å². The van der Waals surface area contributed by atoms with Crippen molar-refractivity contribution in [1.29, 1.82) is 0 Å². The number of amides is 1. The number of benzene rings is 2. The molecule has 4 N–H and O–H groups in total. The topological polar surface area (TPSA) is 100 Å². The number of nitrogens with one attached hydrogen (secondary N) is 4. The van der Waals surface area contributed by atoms with Crippen LogP contribution < -0.4 is 15.4 Å². The largest absolute Gasteiger partial charge is 0.491 e. The van der Waals surface area contributed by atoms with Crippen molar-refractivity contribution in [2.75, 3.05) is 44.9 Å². The van der Waals surface area contributed by atoms with Crippen molar-refractivity contribution in [2.45, 2.75) is 6.92 Å². The van der Waals surface area contributed by atoms with Crippen LogP contribution in [0.25, 0.3) is 22.0 Å². The molecule has 0 aromatic heterocycles. The fourth-order valence-corrected chi connectivity index (χ4v) is 3.52. The second-order valence-corrected chi connectivity index (χ2v) is 7.50. The Morgan fingerprint density at radius 2 is 1.79 bits per heavy atom. The van der Waals surface area contributed by atoms with Crippen LogP contribution in [0.1, 0.15) is 6.92 Å². The van der Waals surface area contributed by atoms with Gasteiger partial charge >= 0.3 is 0 Å². The van der Waals surface area contributed by atoms with Crippen LogP contribution in [0.3, 0.4) is 0 Å². The van der Waals surface area contributed by atoms with E-state index in [0.717, 1.165) is 33.6 Å². The highest BCUT2D eigenvalue weighted by Crippen LogP contribution is 2.39. The van der Waals surface area contributed by atoms with Gasteiger partial charge in [-0.1, -0.05) is 6.07 Å². The summed E-state index contributed by atoms with van der Waals surface area (Å²) in [6, 6.07) is 14.3. The maximum Gasteiger partial charge on any atom is 0.216 e. The SMILES string of the molecule is CC(=O)NCCOCCOCCOc1ccc2c3[nH][nH]c(Nc4cccc(F)c4)c-3cc2c1. The van der Waals surface area contributed by atoms with Crippen molar-refractivity contribution in [3.63, 3.8) is 0 Å². The molecule has 2 aliphatic rings. The molecule has 1 aliphatic carbocycles. The van der Waals surface area contributed by atoms with E-state index in [1.165, 1.54) is 19.1 Å². The number of rotatable bonds is 12. The molecule has 0 saturated carbocycles. The molecule has 0 bridgehead atoms. The van der Waals surface area contributed by atoms with Gasteiger partial charge in [0.15, 0.2) is 0 Å². The third-order valence-corrected chi connectivity index (χ3v) is 5.03. The zero-order chi connectivity index (χ0) is 23.0. The Kier molecular flexibility index (Phi) is 7.43. The molecule has 2 aromatic rings. The zero-order valence-electron chi connectivity index (χ0n) is 18.4. The fourth-order valence-electron chi connectivity index (χ4n) is 3.52. The number of aromatic nitrogens is 2. The fraction of sp³-hybridized carbons (Fsp3) is 0.292. The smallest absolute Gasteiger partial charge is 0.216 e. The van der Waals surface area contributed by atoms with Crippen molar-refractivity contribution < 1.29 is 23.4 Å². The van der Waals surface area contributed by atoms with Crippen LogP contribution in [0.4, 0.5) is 15.9 Å². The molecule has 33 heavy (non-hydrogen) atoms. The van der Waals surface area contributed by atoms with E-state index in [1.54, 1.807) is 6.07 Å². The Labute approximate surface area is 190 Å². The number of H-pyrrole nitrogens is 2. The van der Waals surface area contributed by atoms with Gasteiger partial charge in [-0.2, -0.15) is 0 Å². The first-order chi connectivity index (χ1) is 16.1. The summed E-state index contributed by atoms with van der Waals surface area (Å²) in [5.41, 5.74) is 2.62. The van der Waals surface area contributed by atoms with E-state index in [4.69, 9.17) is 14.2 Å². The Hall–Kier alpha value is -3.56. The van der Waals surface area contributed by atoms with Gasteiger partial charge in [0.2, 0.25) is 5.91 Å². The van der Waals surface area contributed by atoms with Gasteiger partial charge in [-0.15, -0.1) is 0 Å². The molecular weight excluding hydrogens is 427 g/mol. The van der Waals surface area contributed by atoms with Gasteiger partial charge in [0.05, 0.1) is 32.1 Å². The van der Waals surface area contributed by atoms with Crippen LogP contribution in [0.2, 0.25) is 0 Å². The second kappa shape index (κ2) is 10.8. The van der Waals surface area contributed by atoms with Gasteiger partial charge in [-0.05, 0) is 47.9 Å². The molecule has 1 amide bonds. The maximum atomic E-state index is 13.5. The Balaban J connectivity index is 1.26. The summed E-state index contributed by atoms with van der Waals surface area (Å²) in [7, 11) is 0. The van der Waals surface area contributed by atoms with Crippen molar-refractivity contribution in [1.82, 2.24) is 15.5 Å². The summed E-state index contributed by atoms with van der Waals surface area (Å²) < 4.78 is 30.2. The number of carbonyl (C=O) groups is 1. The molecule has 0 radical (unpaired) electrons. The first kappa shape index (κ1) is 22.6. The Morgan fingerprint density at radius 3 is 2.61 bits per heavy atom. The molecule has 4 rings (SSSR count). The van der Waals surface area contributed by atoms with Gasteiger partial charge in [-0.3, -0.25) is 15.0 Å². The minimum atomic E-state index is -0.292. The first-order valence-electron chi connectivity index (χ1n) is 10.8.